The second kappa shape index (κ2) is 14.4. The van der Waals surface area contributed by atoms with Crippen molar-refractivity contribution in [2.75, 3.05) is 26.1 Å². The standard InChI is InChI=1S/C28H34IN5O6/c1-19-10-6-4-3-5-7-11-22(19)33-13-12-21-26(33)31-28(30)32-27(21)39-18-20-16-24(37-2)25(17-23(20)34(35)36)38-14-8-9-15-40-29/h12-13,16-17,19,22H,3-7,10-11,14-15,18H2,1-2H3,(H2,30,31,32). The van der Waals surface area contributed by atoms with E-state index < -0.39 is 4.92 Å². The number of halogens is 1. The lowest BCUT2D eigenvalue weighted by molar-refractivity contribution is -0.385. The van der Waals surface area contributed by atoms with Crippen molar-refractivity contribution >= 4 is 45.7 Å². The Morgan fingerprint density at radius 2 is 1.85 bits per heavy atom. The average Bonchev–Trinajstić information content (AvgIpc) is 3.39. The fourth-order valence-electron chi connectivity index (χ4n) is 5.18. The Bertz CT molecular complexity index is 1380. The van der Waals surface area contributed by atoms with Gasteiger partial charge in [0.2, 0.25) is 11.8 Å². The molecule has 3 aromatic rings. The van der Waals surface area contributed by atoms with Gasteiger partial charge in [0.05, 0.1) is 29.0 Å². The van der Waals surface area contributed by atoms with Gasteiger partial charge in [-0.1, -0.05) is 50.9 Å². The Kier molecular flexibility index (Phi) is 10.7. The Morgan fingerprint density at radius 1 is 1.10 bits per heavy atom. The molecule has 1 aromatic carbocycles. The summed E-state index contributed by atoms with van der Waals surface area (Å²) >= 11 is 1.74. The van der Waals surface area contributed by atoms with E-state index >= 15 is 0 Å². The highest BCUT2D eigenvalue weighted by atomic mass is 127. The number of rotatable bonds is 9. The molecule has 2 aromatic heterocycles. The Hall–Kier alpha value is -3.31. The van der Waals surface area contributed by atoms with Gasteiger partial charge in [-0.05, 0) is 30.9 Å². The number of nitro benzene ring substituents is 1. The Labute approximate surface area is 247 Å². The first-order chi connectivity index (χ1) is 19.4. The second-order valence-corrected chi connectivity index (χ2v) is 10.4. The van der Waals surface area contributed by atoms with Gasteiger partial charge in [0, 0.05) is 12.2 Å². The van der Waals surface area contributed by atoms with Gasteiger partial charge < -0.3 is 27.6 Å². The van der Waals surface area contributed by atoms with E-state index in [2.05, 4.69) is 33.3 Å². The summed E-state index contributed by atoms with van der Waals surface area (Å²) in [5.41, 5.74) is 6.95. The molecule has 1 saturated carbocycles. The molecule has 0 bridgehead atoms. The van der Waals surface area contributed by atoms with Crippen molar-refractivity contribution in [2.45, 2.75) is 64.5 Å². The molecule has 0 amide bonds. The predicted molar refractivity (Wildman–Crippen MR) is 160 cm³/mol. The smallest absolute Gasteiger partial charge is 0.280 e. The summed E-state index contributed by atoms with van der Waals surface area (Å²) in [7, 11) is 1.46. The number of fused-ring (bicyclic) bond motifs is 1. The van der Waals surface area contributed by atoms with Crippen LogP contribution in [0.1, 0.15) is 63.5 Å². The molecule has 214 valence electrons. The fourth-order valence-corrected chi connectivity index (χ4v) is 5.33. The van der Waals surface area contributed by atoms with Crippen molar-refractivity contribution in [2.24, 2.45) is 5.92 Å². The molecule has 2 unspecified atom stereocenters. The fraction of sp³-hybridized carbons (Fsp3) is 0.500. The molecule has 0 aliphatic heterocycles. The van der Waals surface area contributed by atoms with Gasteiger partial charge in [0.15, 0.2) is 11.5 Å². The normalized spacial score (nSPS) is 17.7. The summed E-state index contributed by atoms with van der Waals surface area (Å²) in [4.78, 5) is 20.3. The third-order valence-corrected chi connectivity index (χ3v) is 7.52. The van der Waals surface area contributed by atoms with Crippen LogP contribution in [0.25, 0.3) is 11.0 Å². The summed E-state index contributed by atoms with van der Waals surface area (Å²) in [6, 6.07) is 5.07. The third kappa shape index (κ3) is 7.25. The van der Waals surface area contributed by atoms with Crippen LogP contribution < -0.4 is 19.9 Å². The first kappa shape index (κ1) is 29.7. The molecule has 12 heteroatoms. The lowest BCUT2D eigenvalue weighted by Crippen LogP contribution is -2.17. The van der Waals surface area contributed by atoms with Gasteiger partial charge in [-0.3, -0.25) is 10.1 Å². The second-order valence-electron chi connectivity index (χ2n) is 9.81. The maximum Gasteiger partial charge on any atom is 0.280 e. The Morgan fingerprint density at radius 3 is 2.60 bits per heavy atom. The zero-order valence-electron chi connectivity index (χ0n) is 22.7. The van der Waals surface area contributed by atoms with Crippen molar-refractivity contribution < 1.29 is 22.2 Å². The molecular weight excluding hydrogens is 629 g/mol. The summed E-state index contributed by atoms with van der Waals surface area (Å²) in [5, 5.41) is 12.6. The summed E-state index contributed by atoms with van der Waals surface area (Å²) in [6.07, 6.45) is 10.5. The molecule has 0 spiro atoms. The van der Waals surface area contributed by atoms with Crippen molar-refractivity contribution in [3.8, 4) is 29.2 Å². The van der Waals surface area contributed by atoms with Crippen LogP contribution in [0, 0.1) is 27.9 Å². The topological polar surface area (TPSA) is 137 Å². The van der Waals surface area contributed by atoms with E-state index in [1.807, 2.05) is 12.3 Å². The van der Waals surface area contributed by atoms with Crippen LogP contribution in [0.4, 0.5) is 11.6 Å². The van der Waals surface area contributed by atoms with E-state index in [1.54, 1.807) is 23.0 Å². The first-order valence-corrected chi connectivity index (χ1v) is 14.2. The summed E-state index contributed by atoms with van der Waals surface area (Å²) in [6.45, 7) is 2.45. The van der Waals surface area contributed by atoms with E-state index in [9.17, 15) is 10.1 Å². The first-order valence-electron chi connectivity index (χ1n) is 13.4. The number of benzene rings is 1. The molecule has 0 radical (unpaired) electrons. The largest absolute Gasteiger partial charge is 0.493 e. The monoisotopic (exact) mass is 663 g/mol. The molecule has 11 nitrogen and oxygen atoms in total. The molecule has 40 heavy (non-hydrogen) atoms. The molecule has 0 saturated heterocycles. The number of nitro groups is 1. The highest BCUT2D eigenvalue weighted by Crippen LogP contribution is 2.37. The molecular formula is C28H34IN5O6. The maximum atomic E-state index is 11.9. The average molecular weight is 664 g/mol. The third-order valence-electron chi connectivity index (χ3n) is 7.21. The van der Waals surface area contributed by atoms with Crippen molar-refractivity contribution in [1.29, 1.82) is 0 Å². The van der Waals surface area contributed by atoms with Crippen LogP contribution in [-0.2, 0) is 9.67 Å². The van der Waals surface area contributed by atoms with E-state index in [0.717, 1.165) is 6.42 Å². The number of hydrogen-bond acceptors (Lipinski definition) is 9. The van der Waals surface area contributed by atoms with Crippen LogP contribution in [0.2, 0.25) is 0 Å². The number of nitrogens with zero attached hydrogens (tertiary/aromatic N) is 4. The van der Waals surface area contributed by atoms with E-state index in [-0.39, 0.29) is 43.1 Å². The lowest BCUT2D eigenvalue weighted by Gasteiger charge is -2.25. The molecule has 2 atom stereocenters. The number of nitrogens with two attached hydrogens (primary N) is 1. The van der Waals surface area contributed by atoms with Gasteiger partial charge in [0.25, 0.3) is 5.69 Å². The molecule has 2 N–H and O–H groups in total. The van der Waals surface area contributed by atoms with Crippen LogP contribution in [0.5, 0.6) is 17.4 Å². The van der Waals surface area contributed by atoms with E-state index in [1.165, 1.54) is 57.8 Å². The van der Waals surface area contributed by atoms with Crippen molar-refractivity contribution in [3.63, 3.8) is 0 Å². The van der Waals surface area contributed by atoms with Crippen LogP contribution in [0.3, 0.4) is 0 Å². The van der Waals surface area contributed by atoms with E-state index in [0.29, 0.717) is 34.3 Å². The zero-order valence-corrected chi connectivity index (χ0v) is 24.9. The number of aromatic nitrogens is 3. The predicted octanol–water partition coefficient (Wildman–Crippen LogP) is 6.18. The van der Waals surface area contributed by atoms with E-state index in [4.69, 9.17) is 23.0 Å². The van der Waals surface area contributed by atoms with Crippen LogP contribution in [-0.4, -0.2) is 39.8 Å². The van der Waals surface area contributed by atoms with Crippen LogP contribution >= 0.6 is 23.0 Å². The van der Waals surface area contributed by atoms with Gasteiger partial charge in [-0.25, -0.2) is 0 Å². The maximum absolute atomic E-state index is 11.9. The van der Waals surface area contributed by atoms with Gasteiger partial charge in [-0.15, -0.1) is 0 Å². The van der Waals surface area contributed by atoms with Gasteiger partial charge in [-0.2, -0.15) is 9.97 Å². The number of hydrogen-bond donors (Lipinski definition) is 1. The molecule has 2 heterocycles. The zero-order chi connectivity index (χ0) is 28.5. The molecule has 1 fully saturated rings. The highest BCUT2D eigenvalue weighted by Gasteiger charge is 2.25. The van der Waals surface area contributed by atoms with Gasteiger partial charge >= 0.3 is 0 Å². The van der Waals surface area contributed by atoms with Crippen molar-refractivity contribution in [1.82, 2.24) is 14.5 Å². The minimum Gasteiger partial charge on any atom is -0.493 e. The molecule has 1 aliphatic rings. The molecule has 1 aliphatic carbocycles. The number of methoxy groups -OCH3 is 1. The number of ether oxygens (including phenoxy) is 3. The molecule has 4 rings (SSSR count). The number of nitrogen functional groups attached to an aromatic ring is 1. The Balaban J connectivity index is 1.60. The quantitative estimate of drug-likeness (QED) is 0.123. The highest BCUT2D eigenvalue weighted by molar-refractivity contribution is 14.1. The van der Waals surface area contributed by atoms with Gasteiger partial charge in [0.1, 0.15) is 48.5 Å². The summed E-state index contributed by atoms with van der Waals surface area (Å²) in [5.74, 6) is 6.92. The lowest BCUT2D eigenvalue weighted by atomic mass is 9.93. The van der Waals surface area contributed by atoms with Crippen LogP contribution in [0.15, 0.2) is 24.4 Å². The summed E-state index contributed by atoms with van der Waals surface area (Å²) < 4.78 is 24.1. The van der Waals surface area contributed by atoms with Crippen molar-refractivity contribution in [3.05, 3.63) is 40.1 Å². The number of anilines is 1. The minimum atomic E-state index is -0.487. The minimum absolute atomic E-state index is 0.0259. The SMILES string of the molecule is COc1cc(COc2nc(N)nc3c2ccn3C2CCCCCCCC2C)c([N+](=O)[O-])cc1OCC#CCOI.